The zero-order valence-corrected chi connectivity index (χ0v) is 19.0. The van der Waals surface area contributed by atoms with Crippen molar-refractivity contribution >= 4 is 0 Å². The van der Waals surface area contributed by atoms with E-state index in [0.717, 1.165) is 44.2 Å². The standard InChI is InChI=1S/C25H33FN2O5/c26-22-4-2-6-24(16-22)33-20-25(29)18-28(9-13-31-19-25)17-21-3-1-5-23(15-21)32-14-10-27-7-11-30-12-8-27/h1-6,15-16,29H,7-14,17-20H2. The summed E-state index contributed by atoms with van der Waals surface area (Å²) in [6, 6.07) is 14.0. The number of hydrogen-bond donors (Lipinski definition) is 1. The molecule has 0 aliphatic carbocycles. The molecular formula is C25H33FN2O5. The Bertz CT molecular complexity index is 879. The molecule has 2 aromatic carbocycles. The van der Waals surface area contributed by atoms with Crippen LogP contribution in [0.5, 0.6) is 11.5 Å². The van der Waals surface area contributed by atoms with Crippen LogP contribution in [0, 0.1) is 5.82 Å². The normalized spacial score (nSPS) is 22.6. The topological polar surface area (TPSA) is 63.6 Å². The summed E-state index contributed by atoms with van der Waals surface area (Å²) in [5.41, 5.74) is -0.0797. The second-order valence-corrected chi connectivity index (χ2v) is 8.68. The van der Waals surface area contributed by atoms with E-state index < -0.39 is 5.60 Å². The average molecular weight is 461 g/mol. The molecule has 1 atom stereocenters. The van der Waals surface area contributed by atoms with E-state index in [1.165, 1.54) is 12.1 Å². The molecule has 4 rings (SSSR count). The van der Waals surface area contributed by atoms with Crippen molar-refractivity contribution in [2.45, 2.75) is 12.1 Å². The third-order valence-electron chi connectivity index (χ3n) is 5.83. The minimum absolute atomic E-state index is 0.0254. The molecule has 0 spiro atoms. The van der Waals surface area contributed by atoms with E-state index in [-0.39, 0.29) is 19.0 Å². The Balaban J connectivity index is 1.29. The molecular weight excluding hydrogens is 427 g/mol. The minimum atomic E-state index is -1.19. The van der Waals surface area contributed by atoms with E-state index >= 15 is 0 Å². The van der Waals surface area contributed by atoms with Gasteiger partial charge in [0.25, 0.3) is 0 Å². The highest BCUT2D eigenvalue weighted by atomic mass is 19.1. The fourth-order valence-electron chi connectivity index (χ4n) is 4.10. The number of aliphatic hydroxyl groups is 1. The highest BCUT2D eigenvalue weighted by Crippen LogP contribution is 2.20. The maximum atomic E-state index is 13.4. The molecule has 1 unspecified atom stereocenters. The third-order valence-corrected chi connectivity index (χ3v) is 5.83. The number of nitrogens with zero attached hydrogens (tertiary/aromatic N) is 2. The lowest BCUT2D eigenvalue weighted by Crippen LogP contribution is -2.48. The lowest BCUT2D eigenvalue weighted by atomic mass is 10.1. The van der Waals surface area contributed by atoms with Crippen molar-refractivity contribution in [3.8, 4) is 11.5 Å². The molecule has 2 fully saturated rings. The summed E-state index contributed by atoms with van der Waals surface area (Å²) in [6.45, 7) is 7.47. The second-order valence-electron chi connectivity index (χ2n) is 8.68. The van der Waals surface area contributed by atoms with E-state index in [9.17, 15) is 9.50 Å². The van der Waals surface area contributed by atoms with Crippen molar-refractivity contribution in [1.29, 1.82) is 0 Å². The molecule has 2 aliphatic rings. The highest BCUT2D eigenvalue weighted by Gasteiger charge is 2.33. The van der Waals surface area contributed by atoms with E-state index in [2.05, 4.69) is 15.9 Å². The van der Waals surface area contributed by atoms with Gasteiger partial charge in [0.15, 0.2) is 0 Å². The molecule has 2 aliphatic heterocycles. The SMILES string of the molecule is OC1(COc2cccc(F)c2)COCCN(Cc2cccc(OCCN3CCOCC3)c2)C1. The number of benzene rings is 2. The largest absolute Gasteiger partial charge is 0.492 e. The van der Waals surface area contributed by atoms with Gasteiger partial charge in [0, 0.05) is 45.3 Å². The van der Waals surface area contributed by atoms with Gasteiger partial charge < -0.3 is 24.1 Å². The number of morpholine rings is 1. The van der Waals surface area contributed by atoms with Crippen molar-refractivity contribution in [3.05, 3.63) is 59.9 Å². The molecule has 0 bridgehead atoms. The van der Waals surface area contributed by atoms with Crippen LogP contribution in [-0.2, 0) is 16.0 Å². The summed E-state index contributed by atoms with van der Waals surface area (Å²) < 4.78 is 36.1. The Hall–Kier alpha value is -2.23. The van der Waals surface area contributed by atoms with Gasteiger partial charge >= 0.3 is 0 Å². The molecule has 2 saturated heterocycles. The van der Waals surface area contributed by atoms with Crippen molar-refractivity contribution < 1.29 is 28.4 Å². The van der Waals surface area contributed by atoms with Crippen LogP contribution >= 0.6 is 0 Å². The van der Waals surface area contributed by atoms with Gasteiger partial charge in [-0.1, -0.05) is 18.2 Å². The molecule has 7 nitrogen and oxygen atoms in total. The Morgan fingerprint density at radius 3 is 2.45 bits per heavy atom. The summed E-state index contributed by atoms with van der Waals surface area (Å²) in [4.78, 5) is 4.49. The van der Waals surface area contributed by atoms with Crippen LogP contribution in [0.1, 0.15) is 5.56 Å². The van der Waals surface area contributed by atoms with Gasteiger partial charge in [0.2, 0.25) is 0 Å². The molecule has 33 heavy (non-hydrogen) atoms. The zero-order chi connectivity index (χ0) is 22.9. The minimum Gasteiger partial charge on any atom is -0.492 e. The predicted molar refractivity (Wildman–Crippen MR) is 122 cm³/mol. The first kappa shape index (κ1) is 23.9. The Morgan fingerprint density at radius 1 is 0.909 bits per heavy atom. The van der Waals surface area contributed by atoms with Crippen molar-refractivity contribution in [1.82, 2.24) is 9.80 Å². The number of β-amino-alcohol motifs (C(OH)–C–C–N with tert-alkyl or cyclic N) is 1. The zero-order valence-electron chi connectivity index (χ0n) is 19.0. The van der Waals surface area contributed by atoms with E-state index in [1.807, 2.05) is 18.2 Å². The van der Waals surface area contributed by atoms with Crippen LogP contribution in [0.2, 0.25) is 0 Å². The summed E-state index contributed by atoms with van der Waals surface area (Å²) in [6.07, 6.45) is 0. The quantitative estimate of drug-likeness (QED) is 0.616. The summed E-state index contributed by atoms with van der Waals surface area (Å²) in [5.74, 6) is 0.864. The van der Waals surface area contributed by atoms with Crippen LogP contribution in [0.4, 0.5) is 4.39 Å². The lowest BCUT2D eigenvalue weighted by Gasteiger charge is -2.30. The van der Waals surface area contributed by atoms with E-state index in [0.29, 0.717) is 38.6 Å². The maximum absolute atomic E-state index is 13.4. The van der Waals surface area contributed by atoms with Gasteiger partial charge in [-0.25, -0.2) is 4.39 Å². The molecule has 2 heterocycles. The van der Waals surface area contributed by atoms with Crippen molar-refractivity contribution in [3.63, 3.8) is 0 Å². The molecule has 0 aromatic heterocycles. The van der Waals surface area contributed by atoms with Crippen molar-refractivity contribution in [2.75, 3.05) is 72.4 Å². The molecule has 2 aromatic rings. The van der Waals surface area contributed by atoms with Gasteiger partial charge in [-0.05, 0) is 29.8 Å². The molecule has 0 saturated carbocycles. The summed E-state index contributed by atoms with van der Waals surface area (Å²) >= 11 is 0. The predicted octanol–water partition coefficient (Wildman–Crippen LogP) is 2.18. The lowest BCUT2D eigenvalue weighted by molar-refractivity contribution is -0.0647. The van der Waals surface area contributed by atoms with Gasteiger partial charge in [-0.3, -0.25) is 9.80 Å². The molecule has 0 amide bonds. The molecule has 1 N–H and O–H groups in total. The third kappa shape index (κ3) is 7.65. The first-order valence-electron chi connectivity index (χ1n) is 11.5. The average Bonchev–Trinajstić information content (AvgIpc) is 3.00. The fraction of sp³-hybridized carbons (Fsp3) is 0.520. The van der Waals surface area contributed by atoms with Crippen LogP contribution in [-0.4, -0.2) is 92.9 Å². The first-order valence-corrected chi connectivity index (χ1v) is 11.5. The highest BCUT2D eigenvalue weighted by molar-refractivity contribution is 5.28. The number of rotatable bonds is 9. The van der Waals surface area contributed by atoms with Crippen LogP contribution < -0.4 is 9.47 Å². The second kappa shape index (κ2) is 11.8. The van der Waals surface area contributed by atoms with Gasteiger partial charge in [0.05, 0.1) is 26.4 Å². The van der Waals surface area contributed by atoms with Crippen LogP contribution in [0.15, 0.2) is 48.5 Å². The summed E-state index contributed by atoms with van der Waals surface area (Å²) in [5, 5.41) is 11.1. The fourth-order valence-corrected chi connectivity index (χ4v) is 4.10. The van der Waals surface area contributed by atoms with Gasteiger partial charge in [-0.15, -0.1) is 0 Å². The van der Waals surface area contributed by atoms with E-state index in [1.54, 1.807) is 12.1 Å². The molecule has 180 valence electrons. The smallest absolute Gasteiger partial charge is 0.134 e. The maximum Gasteiger partial charge on any atom is 0.134 e. The molecule has 8 heteroatoms. The van der Waals surface area contributed by atoms with Crippen LogP contribution in [0.3, 0.4) is 0 Å². The van der Waals surface area contributed by atoms with Crippen LogP contribution in [0.25, 0.3) is 0 Å². The first-order chi connectivity index (χ1) is 16.1. The van der Waals surface area contributed by atoms with Gasteiger partial charge in [0.1, 0.15) is 36.1 Å². The Labute approximate surface area is 194 Å². The number of ether oxygens (including phenoxy) is 4. The Kier molecular flexibility index (Phi) is 8.52. The van der Waals surface area contributed by atoms with Gasteiger partial charge in [-0.2, -0.15) is 0 Å². The number of hydrogen-bond acceptors (Lipinski definition) is 7. The summed E-state index contributed by atoms with van der Waals surface area (Å²) in [7, 11) is 0. The molecule has 0 radical (unpaired) electrons. The van der Waals surface area contributed by atoms with Crippen molar-refractivity contribution in [2.24, 2.45) is 0 Å². The monoisotopic (exact) mass is 460 g/mol. The van der Waals surface area contributed by atoms with E-state index in [4.69, 9.17) is 18.9 Å². The Morgan fingerprint density at radius 2 is 1.64 bits per heavy atom. The number of halogens is 1.